The lowest BCUT2D eigenvalue weighted by Gasteiger charge is -2.04. The van der Waals surface area contributed by atoms with E-state index < -0.39 is 5.82 Å². The Morgan fingerprint density at radius 2 is 2.32 bits per heavy atom. The van der Waals surface area contributed by atoms with Crippen LogP contribution in [0.5, 0.6) is 5.75 Å². The monoisotopic (exact) mass is 262 g/mol. The SMILES string of the molecule is O=Cc1ccc(OCc2nc(C3CC3)no2)c(F)c1. The quantitative estimate of drug-likeness (QED) is 0.774. The van der Waals surface area contributed by atoms with Crippen LogP contribution in [0, 0.1) is 5.82 Å². The maximum atomic E-state index is 13.5. The van der Waals surface area contributed by atoms with Gasteiger partial charge in [-0.1, -0.05) is 5.16 Å². The Hall–Kier alpha value is -2.24. The molecule has 3 rings (SSSR count). The zero-order chi connectivity index (χ0) is 13.2. The number of ether oxygens (including phenoxy) is 1. The number of carbonyl (C=O) groups excluding carboxylic acids is 1. The molecule has 0 amide bonds. The molecule has 5 nitrogen and oxygen atoms in total. The van der Waals surface area contributed by atoms with Crippen molar-refractivity contribution in [1.82, 2.24) is 10.1 Å². The van der Waals surface area contributed by atoms with Crippen molar-refractivity contribution in [1.29, 1.82) is 0 Å². The maximum absolute atomic E-state index is 13.5. The van der Waals surface area contributed by atoms with Crippen molar-refractivity contribution in [3.63, 3.8) is 0 Å². The molecule has 0 aliphatic heterocycles. The zero-order valence-electron chi connectivity index (χ0n) is 10.0. The van der Waals surface area contributed by atoms with Crippen molar-refractivity contribution in [3.05, 3.63) is 41.3 Å². The molecule has 0 radical (unpaired) electrons. The van der Waals surface area contributed by atoms with Crippen LogP contribution in [0.3, 0.4) is 0 Å². The summed E-state index contributed by atoms with van der Waals surface area (Å²) in [4.78, 5) is 14.7. The largest absolute Gasteiger partial charge is 0.481 e. The van der Waals surface area contributed by atoms with E-state index in [1.54, 1.807) is 0 Å². The Balaban J connectivity index is 1.65. The van der Waals surface area contributed by atoms with Crippen LogP contribution in [0.4, 0.5) is 4.39 Å². The molecule has 1 heterocycles. The van der Waals surface area contributed by atoms with Crippen LogP contribution in [0.1, 0.15) is 40.8 Å². The molecule has 2 aromatic rings. The highest BCUT2D eigenvalue weighted by atomic mass is 19.1. The first-order valence-electron chi connectivity index (χ1n) is 5.96. The van der Waals surface area contributed by atoms with Crippen molar-refractivity contribution in [2.75, 3.05) is 0 Å². The Kier molecular flexibility index (Phi) is 2.98. The summed E-state index contributed by atoms with van der Waals surface area (Å²) in [5, 5.41) is 3.83. The minimum Gasteiger partial charge on any atom is -0.481 e. The highest BCUT2D eigenvalue weighted by Gasteiger charge is 2.28. The predicted octanol–water partition coefficient (Wildman–Crippen LogP) is 2.48. The molecule has 0 spiro atoms. The first kappa shape index (κ1) is 11.8. The van der Waals surface area contributed by atoms with E-state index in [1.807, 2.05) is 0 Å². The molecule has 1 aliphatic rings. The summed E-state index contributed by atoms with van der Waals surface area (Å²) in [6.07, 6.45) is 2.75. The normalized spacial score (nSPS) is 14.4. The van der Waals surface area contributed by atoms with E-state index in [1.165, 1.54) is 12.1 Å². The van der Waals surface area contributed by atoms with Crippen LogP contribution in [0.2, 0.25) is 0 Å². The van der Waals surface area contributed by atoms with Crippen molar-refractivity contribution >= 4 is 6.29 Å². The summed E-state index contributed by atoms with van der Waals surface area (Å²) in [5.41, 5.74) is 0.263. The average molecular weight is 262 g/mol. The molecule has 1 aliphatic carbocycles. The van der Waals surface area contributed by atoms with Crippen LogP contribution >= 0.6 is 0 Å². The molecule has 1 saturated carbocycles. The minimum absolute atomic E-state index is 0.0110. The second kappa shape index (κ2) is 4.79. The lowest BCUT2D eigenvalue weighted by Crippen LogP contribution is -1.98. The fourth-order valence-corrected chi connectivity index (χ4v) is 1.68. The lowest BCUT2D eigenvalue weighted by molar-refractivity contribution is 0.112. The van der Waals surface area contributed by atoms with Gasteiger partial charge in [0.25, 0.3) is 5.89 Å². The van der Waals surface area contributed by atoms with E-state index in [2.05, 4.69) is 10.1 Å². The first-order valence-corrected chi connectivity index (χ1v) is 5.96. The second-order valence-electron chi connectivity index (χ2n) is 4.42. The van der Waals surface area contributed by atoms with E-state index in [0.29, 0.717) is 23.9 Å². The third-order valence-corrected chi connectivity index (χ3v) is 2.87. The molecular weight excluding hydrogens is 251 g/mol. The first-order chi connectivity index (χ1) is 9.26. The maximum Gasteiger partial charge on any atom is 0.264 e. The van der Waals surface area contributed by atoms with Gasteiger partial charge in [0.2, 0.25) is 0 Å². The zero-order valence-corrected chi connectivity index (χ0v) is 10.0. The molecule has 0 saturated heterocycles. The number of rotatable bonds is 5. The van der Waals surface area contributed by atoms with Gasteiger partial charge in [-0.15, -0.1) is 0 Å². The molecule has 0 bridgehead atoms. The molecule has 1 aromatic heterocycles. The van der Waals surface area contributed by atoms with Crippen molar-refractivity contribution in [3.8, 4) is 5.75 Å². The Labute approximate surface area is 108 Å². The molecule has 98 valence electrons. The van der Waals surface area contributed by atoms with Gasteiger partial charge in [0, 0.05) is 11.5 Å². The van der Waals surface area contributed by atoms with E-state index in [4.69, 9.17) is 9.26 Å². The Bertz CT molecular complexity index is 608. The number of halogens is 1. The summed E-state index contributed by atoms with van der Waals surface area (Å²) in [6, 6.07) is 4.00. The van der Waals surface area contributed by atoms with Gasteiger partial charge in [0.05, 0.1) is 0 Å². The molecule has 1 aromatic carbocycles. The highest BCUT2D eigenvalue weighted by Crippen LogP contribution is 2.38. The topological polar surface area (TPSA) is 65.2 Å². The fourth-order valence-electron chi connectivity index (χ4n) is 1.68. The van der Waals surface area contributed by atoms with Crippen molar-refractivity contribution in [2.24, 2.45) is 0 Å². The summed E-state index contributed by atoms with van der Waals surface area (Å²) in [5.74, 6) is 0.876. The minimum atomic E-state index is -0.591. The average Bonchev–Trinajstić information content (AvgIpc) is 3.17. The van der Waals surface area contributed by atoms with Gasteiger partial charge < -0.3 is 9.26 Å². The van der Waals surface area contributed by atoms with Gasteiger partial charge in [-0.05, 0) is 31.0 Å². The number of nitrogens with zero attached hydrogens (tertiary/aromatic N) is 2. The Morgan fingerprint density at radius 3 is 3.00 bits per heavy atom. The van der Waals surface area contributed by atoms with Crippen LogP contribution in [0.25, 0.3) is 0 Å². The lowest BCUT2D eigenvalue weighted by atomic mass is 10.2. The van der Waals surface area contributed by atoms with E-state index in [0.717, 1.165) is 18.9 Å². The van der Waals surface area contributed by atoms with Crippen molar-refractivity contribution in [2.45, 2.75) is 25.4 Å². The molecule has 0 unspecified atom stereocenters. The highest BCUT2D eigenvalue weighted by molar-refractivity contribution is 5.74. The number of hydrogen-bond donors (Lipinski definition) is 0. The summed E-state index contributed by atoms with van der Waals surface area (Å²) in [6.45, 7) is 0.0110. The van der Waals surface area contributed by atoms with Gasteiger partial charge in [0.1, 0.15) is 6.29 Å². The van der Waals surface area contributed by atoms with Crippen molar-refractivity contribution < 1.29 is 18.4 Å². The van der Waals surface area contributed by atoms with Gasteiger partial charge in [0.15, 0.2) is 24.0 Å². The van der Waals surface area contributed by atoms with Crippen LogP contribution < -0.4 is 4.74 Å². The number of aromatic nitrogens is 2. The molecule has 0 N–H and O–H groups in total. The van der Waals surface area contributed by atoms with Gasteiger partial charge in [-0.2, -0.15) is 4.98 Å². The summed E-state index contributed by atoms with van der Waals surface area (Å²) >= 11 is 0. The van der Waals surface area contributed by atoms with Gasteiger partial charge in [-0.25, -0.2) is 4.39 Å². The second-order valence-corrected chi connectivity index (χ2v) is 4.42. The number of benzene rings is 1. The smallest absolute Gasteiger partial charge is 0.264 e. The molecule has 1 fully saturated rings. The van der Waals surface area contributed by atoms with E-state index >= 15 is 0 Å². The predicted molar refractivity (Wildman–Crippen MR) is 62.4 cm³/mol. The number of aldehydes is 1. The van der Waals surface area contributed by atoms with E-state index in [-0.39, 0.29) is 17.9 Å². The van der Waals surface area contributed by atoms with E-state index in [9.17, 15) is 9.18 Å². The molecular formula is C13H11FN2O3. The number of carbonyl (C=O) groups is 1. The van der Waals surface area contributed by atoms with Gasteiger partial charge >= 0.3 is 0 Å². The fraction of sp³-hybridized carbons (Fsp3) is 0.308. The molecule has 6 heteroatoms. The standard InChI is InChI=1S/C13H11FN2O3/c14-10-5-8(6-17)1-4-11(10)18-7-12-15-13(16-19-12)9-2-3-9/h1,4-6,9H,2-3,7H2. The number of hydrogen-bond acceptors (Lipinski definition) is 5. The third-order valence-electron chi connectivity index (χ3n) is 2.87. The summed E-state index contributed by atoms with van der Waals surface area (Å²) < 4.78 is 23.8. The third kappa shape index (κ3) is 2.62. The molecule has 0 atom stereocenters. The Morgan fingerprint density at radius 1 is 1.47 bits per heavy atom. The van der Waals surface area contributed by atoms with Gasteiger partial charge in [-0.3, -0.25) is 4.79 Å². The van der Waals surface area contributed by atoms with Crippen LogP contribution in [0.15, 0.2) is 22.7 Å². The van der Waals surface area contributed by atoms with Crippen LogP contribution in [-0.4, -0.2) is 16.4 Å². The molecule has 19 heavy (non-hydrogen) atoms. The van der Waals surface area contributed by atoms with Crippen LogP contribution in [-0.2, 0) is 6.61 Å². The summed E-state index contributed by atoms with van der Waals surface area (Å²) in [7, 11) is 0.